The molecule has 1 heterocycles. The molecule has 22 heavy (non-hydrogen) atoms. The lowest BCUT2D eigenvalue weighted by atomic mass is 10.0. The molecule has 1 aliphatic heterocycles. The van der Waals surface area contributed by atoms with Crippen LogP contribution in [-0.4, -0.2) is 38.8 Å². The van der Waals surface area contributed by atoms with Crippen LogP contribution in [0.3, 0.4) is 0 Å². The molecule has 0 aromatic heterocycles. The molecule has 2 rings (SSSR count). The first kappa shape index (κ1) is 16.3. The number of carbonyl (C=O) groups is 2. The number of methoxy groups -OCH3 is 2. The van der Waals surface area contributed by atoms with Gasteiger partial charge in [-0.05, 0) is 30.5 Å². The molecule has 0 aliphatic carbocycles. The number of esters is 1. The van der Waals surface area contributed by atoms with E-state index in [1.54, 1.807) is 19.2 Å². The van der Waals surface area contributed by atoms with Crippen LogP contribution in [0.4, 0.5) is 0 Å². The van der Waals surface area contributed by atoms with Crippen molar-refractivity contribution in [2.45, 2.75) is 31.4 Å². The molecular formula is C16H21NO5. The Morgan fingerprint density at radius 1 is 1.32 bits per heavy atom. The molecular weight excluding hydrogens is 286 g/mol. The highest BCUT2D eigenvalue weighted by atomic mass is 16.5. The van der Waals surface area contributed by atoms with Crippen molar-refractivity contribution < 1.29 is 23.8 Å². The van der Waals surface area contributed by atoms with E-state index in [0.717, 1.165) is 12.0 Å². The third-order valence-corrected chi connectivity index (χ3v) is 3.66. The summed E-state index contributed by atoms with van der Waals surface area (Å²) in [6, 6.07) is 6.77. The number of rotatable bonds is 6. The summed E-state index contributed by atoms with van der Waals surface area (Å²) >= 11 is 0. The van der Waals surface area contributed by atoms with Gasteiger partial charge in [0.05, 0.1) is 26.7 Å². The van der Waals surface area contributed by atoms with Gasteiger partial charge in [0.1, 0.15) is 11.9 Å². The molecule has 120 valence electrons. The van der Waals surface area contributed by atoms with Crippen molar-refractivity contribution >= 4 is 11.9 Å². The highest BCUT2D eigenvalue weighted by Gasteiger charge is 2.27. The number of hydrogen-bond donors (Lipinski definition) is 1. The van der Waals surface area contributed by atoms with E-state index in [1.165, 1.54) is 7.11 Å². The maximum absolute atomic E-state index is 12.2. The lowest BCUT2D eigenvalue weighted by molar-refractivity contribution is -0.141. The standard InChI is InChI=1S/C16H21NO5/c1-20-12-7-5-11(6-8-12)13(10-15(18)21-2)17-16(19)14-4-3-9-22-14/h5-8,13-14H,3-4,9-10H2,1-2H3,(H,17,19)/t13-,14-/m1/s1. The van der Waals surface area contributed by atoms with E-state index in [9.17, 15) is 9.59 Å². The molecule has 1 aromatic carbocycles. The van der Waals surface area contributed by atoms with E-state index in [4.69, 9.17) is 14.2 Å². The third kappa shape index (κ3) is 4.21. The zero-order valence-corrected chi connectivity index (χ0v) is 12.8. The van der Waals surface area contributed by atoms with E-state index in [2.05, 4.69) is 5.32 Å². The van der Waals surface area contributed by atoms with Crippen LogP contribution in [0.1, 0.15) is 30.9 Å². The van der Waals surface area contributed by atoms with E-state index in [-0.39, 0.29) is 18.3 Å². The zero-order chi connectivity index (χ0) is 15.9. The maximum Gasteiger partial charge on any atom is 0.307 e. The van der Waals surface area contributed by atoms with E-state index in [0.29, 0.717) is 18.8 Å². The van der Waals surface area contributed by atoms with Gasteiger partial charge in [0.15, 0.2) is 0 Å². The molecule has 1 fully saturated rings. The Hall–Kier alpha value is -2.08. The molecule has 0 unspecified atom stereocenters. The van der Waals surface area contributed by atoms with Crippen molar-refractivity contribution in [2.24, 2.45) is 0 Å². The molecule has 1 saturated heterocycles. The van der Waals surface area contributed by atoms with Crippen LogP contribution >= 0.6 is 0 Å². The van der Waals surface area contributed by atoms with E-state index >= 15 is 0 Å². The molecule has 0 radical (unpaired) electrons. The molecule has 6 nitrogen and oxygen atoms in total. The summed E-state index contributed by atoms with van der Waals surface area (Å²) in [7, 11) is 2.91. The summed E-state index contributed by atoms with van der Waals surface area (Å²) < 4.78 is 15.2. The van der Waals surface area contributed by atoms with Gasteiger partial charge < -0.3 is 19.5 Å². The van der Waals surface area contributed by atoms with Crippen molar-refractivity contribution in [3.63, 3.8) is 0 Å². The van der Waals surface area contributed by atoms with E-state index < -0.39 is 12.1 Å². The Bertz CT molecular complexity index is 508. The topological polar surface area (TPSA) is 73.9 Å². The molecule has 1 amide bonds. The first-order valence-electron chi connectivity index (χ1n) is 7.26. The Morgan fingerprint density at radius 3 is 2.59 bits per heavy atom. The van der Waals surface area contributed by atoms with Crippen molar-refractivity contribution in [1.82, 2.24) is 5.32 Å². The van der Waals surface area contributed by atoms with Gasteiger partial charge in [-0.1, -0.05) is 12.1 Å². The predicted molar refractivity (Wildman–Crippen MR) is 79.5 cm³/mol. The lowest BCUT2D eigenvalue weighted by Gasteiger charge is -2.20. The first-order chi connectivity index (χ1) is 10.6. The van der Waals surface area contributed by atoms with Crippen LogP contribution in [0.15, 0.2) is 24.3 Å². The minimum Gasteiger partial charge on any atom is -0.497 e. The minimum atomic E-state index is -0.449. The molecule has 6 heteroatoms. The average Bonchev–Trinajstić information content (AvgIpc) is 3.08. The van der Waals surface area contributed by atoms with Gasteiger partial charge in [-0.3, -0.25) is 9.59 Å². The van der Waals surface area contributed by atoms with Crippen molar-refractivity contribution in [3.8, 4) is 5.75 Å². The van der Waals surface area contributed by atoms with Gasteiger partial charge >= 0.3 is 5.97 Å². The fraction of sp³-hybridized carbons (Fsp3) is 0.500. The van der Waals surface area contributed by atoms with Gasteiger partial charge in [0.2, 0.25) is 5.91 Å². The Balaban J connectivity index is 2.10. The Morgan fingerprint density at radius 2 is 2.05 bits per heavy atom. The van der Waals surface area contributed by atoms with Crippen molar-refractivity contribution in [3.05, 3.63) is 29.8 Å². The fourth-order valence-corrected chi connectivity index (χ4v) is 2.39. The zero-order valence-electron chi connectivity index (χ0n) is 12.8. The van der Waals surface area contributed by atoms with Crippen LogP contribution in [0, 0.1) is 0 Å². The number of amides is 1. The lowest BCUT2D eigenvalue weighted by Crippen LogP contribution is -2.37. The van der Waals surface area contributed by atoms with Crippen LogP contribution in [0.2, 0.25) is 0 Å². The van der Waals surface area contributed by atoms with Gasteiger partial charge in [-0.25, -0.2) is 0 Å². The summed E-state index contributed by atoms with van der Waals surface area (Å²) in [5.74, 6) is 0.140. The summed E-state index contributed by atoms with van der Waals surface area (Å²) in [5.41, 5.74) is 0.817. The molecule has 0 bridgehead atoms. The highest BCUT2D eigenvalue weighted by molar-refractivity contribution is 5.82. The number of ether oxygens (including phenoxy) is 3. The second kappa shape index (κ2) is 7.79. The van der Waals surface area contributed by atoms with Gasteiger partial charge in [0.25, 0.3) is 0 Å². The van der Waals surface area contributed by atoms with Crippen LogP contribution in [-0.2, 0) is 19.1 Å². The number of hydrogen-bond acceptors (Lipinski definition) is 5. The summed E-state index contributed by atoms with van der Waals surface area (Å²) in [4.78, 5) is 23.8. The van der Waals surface area contributed by atoms with E-state index in [1.807, 2.05) is 12.1 Å². The van der Waals surface area contributed by atoms with Crippen LogP contribution < -0.4 is 10.1 Å². The SMILES string of the molecule is COC(=O)C[C@@H](NC(=O)[C@H]1CCCO1)c1ccc(OC)cc1. The predicted octanol–water partition coefficient (Wildman–Crippen LogP) is 1.59. The molecule has 0 saturated carbocycles. The quantitative estimate of drug-likeness (QED) is 0.808. The van der Waals surface area contributed by atoms with Crippen LogP contribution in [0.25, 0.3) is 0 Å². The normalized spacial score (nSPS) is 18.5. The maximum atomic E-state index is 12.2. The van der Waals surface area contributed by atoms with Crippen molar-refractivity contribution in [1.29, 1.82) is 0 Å². The number of benzene rings is 1. The van der Waals surface area contributed by atoms with Gasteiger partial charge in [0, 0.05) is 6.61 Å². The number of carbonyl (C=O) groups excluding carboxylic acids is 2. The third-order valence-electron chi connectivity index (χ3n) is 3.66. The molecule has 1 N–H and O–H groups in total. The summed E-state index contributed by atoms with van der Waals surface area (Å²) in [6.45, 7) is 0.599. The van der Waals surface area contributed by atoms with Crippen LogP contribution in [0.5, 0.6) is 5.75 Å². The second-order valence-electron chi connectivity index (χ2n) is 5.12. The largest absolute Gasteiger partial charge is 0.497 e. The Labute approximate surface area is 129 Å². The highest BCUT2D eigenvalue weighted by Crippen LogP contribution is 2.22. The second-order valence-corrected chi connectivity index (χ2v) is 5.12. The van der Waals surface area contributed by atoms with Crippen molar-refractivity contribution in [2.75, 3.05) is 20.8 Å². The summed E-state index contributed by atoms with van der Waals surface area (Å²) in [5, 5.41) is 2.87. The summed E-state index contributed by atoms with van der Waals surface area (Å²) in [6.07, 6.45) is 1.22. The number of nitrogens with one attached hydrogen (secondary N) is 1. The fourth-order valence-electron chi connectivity index (χ4n) is 2.39. The minimum absolute atomic E-state index is 0.0707. The van der Waals surface area contributed by atoms with Gasteiger partial charge in [-0.2, -0.15) is 0 Å². The smallest absolute Gasteiger partial charge is 0.307 e. The molecule has 1 aromatic rings. The molecule has 2 atom stereocenters. The average molecular weight is 307 g/mol. The first-order valence-corrected chi connectivity index (χ1v) is 7.26. The monoisotopic (exact) mass is 307 g/mol. The van der Waals surface area contributed by atoms with Gasteiger partial charge in [-0.15, -0.1) is 0 Å². The molecule has 1 aliphatic rings. The Kier molecular flexibility index (Phi) is 5.77. The molecule has 0 spiro atoms.